The Morgan fingerprint density at radius 1 is 1.43 bits per heavy atom. The molecule has 3 rings (SSSR count). The Balaban J connectivity index is 1.78. The first-order valence-corrected chi connectivity index (χ1v) is 8.44. The van der Waals surface area contributed by atoms with Crippen LogP contribution in [0.15, 0.2) is 16.6 Å². The van der Waals surface area contributed by atoms with Crippen molar-refractivity contribution >= 4 is 27.5 Å². The number of amides is 1. The van der Waals surface area contributed by atoms with E-state index in [0.29, 0.717) is 0 Å². The number of nitrogens with two attached hydrogens (primary N) is 1. The number of ether oxygens (including phenoxy) is 1. The second-order valence-electron chi connectivity index (χ2n) is 6.02. The fraction of sp³-hybridized carbons (Fsp3) is 0.562. The van der Waals surface area contributed by atoms with Crippen LogP contribution in [-0.2, 0) is 4.79 Å². The summed E-state index contributed by atoms with van der Waals surface area (Å²) in [5.74, 6) is 1.41. The number of hydrogen-bond acceptors (Lipinski definition) is 3. The molecular formula is C16H21BrN2O2. The highest BCUT2D eigenvalue weighted by Crippen LogP contribution is 2.39. The summed E-state index contributed by atoms with van der Waals surface area (Å²) in [4.78, 5) is 11.6. The van der Waals surface area contributed by atoms with Crippen molar-refractivity contribution in [3.63, 3.8) is 0 Å². The minimum Gasteiger partial charge on any atom is -0.489 e. The Kier molecular flexibility index (Phi) is 4.22. The lowest BCUT2D eigenvalue weighted by Gasteiger charge is -2.29. The van der Waals surface area contributed by atoms with Gasteiger partial charge in [0.25, 0.3) is 0 Å². The molecule has 114 valence electrons. The van der Waals surface area contributed by atoms with Gasteiger partial charge in [0, 0.05) is 17.3 Å². The van der Waals surface area contributed by atoms with Crippen LogP contribution in [0.3, 0.4) is 0 Å². The topological polar surface area (TPSA) is 64.3 Å². The van der Waals surface area contributed by atoms with Crippen molar-refractivity contribution in [2.45, 2.75) is 51.2 Å². The first kappa shape index (κ1) is 14.9. The number of benzene rings is 1. The molecule has 4 nitrogen and oxygen atoms in total. The number of carbonyl (C=O) groups excluding carboxylic acids is 1. The van der Waals surface area contributed by atoms with Crippen molar-refractivity contribution in [2.24, 2.45) is 11.7 Å². The first-order chi connectivity index (χ1) is 10.1. The molecule has 1 saturated carbocycles. The Labute approximate surface area is 133 Å². The second-order valence-corrected chi connectivity index (χ2v) is 6.87. The van der Waals surface area contributed by atoms with Crippen molar-refractivity contribution in [1.29, 1.82) is 0 Å². The van der Waals surface area contributed by atoms with Crippen LogP contribution in [0.25, 0.3) is 0 Å². The van der Waals surface area contributed by atoms with Crippen LogP contribution >= 0.6 is 15.9 Å². The highest BCUT2D eigenvalue weighted by molar-refractivity contribution is 9.10. The van der Waals surface area contributed by atoms with Gasteiger partial charge in [0.15, 0.2) is 0 Å². The number of carbonyl (C=O) groups is 1. The SMILES string of the molecule is CCC1CCCC(Oc2cc3c(cc2Br)C(N)C(=O)N3)C1. The zero-order valence-corrected chi connectivity index (χ0v) is 13.8. The van der Waals surface area contributed by atoms with Gasteiger partial charge in [0.1, 0.15) is 11.8 Å². The zero-order valence-electron chi connectivity index (χ0n) is 12.2. The second kappa shape index (κ2) is 5.97. The number of hydrogen-bond donors (Lipinski definition) is 2. The highest BCUT2D eigenvalue weighted by atomic mass is 79.9. The maximum Gasteiger partial charge on any atom is 0.245 e. The van der Waals surface area contributed by atoms with Gasteiger partial charge in [-0.1, -0.05) is 19.8 Å². The van der Waals surface area contributed by atoms with E-state index >= 15 is 0 Å². The van der Waals surface area contributed by atoms with Crippen molar-refractivity contribution < 1.29 is 9.53 Å². The molecule has 1 amide bonds. The van der Waals surface area contributed by atoms with E-state index in [1.165, 1.54) is 19.3 Å². The summed E-state index contributed by atoms with van der Waals surface area (Å²) >= 11 is 3.54. The monoisotopic (exact) mass is 352 g/mol. The average molecular weight is 353 g/mol. The van der Waals surface area contributed by atoms with E-state index in [2.05, 4.69) is 28.2 Å². The van der Waals surface area contributed by atoms with Gasteiger partial charge in [-0.05, 0) is 47.2 Å². The van der Waals surface area contributed by atoms with E-state index in [0.717, 1.165) is 40.2 Å². The van der Waals surface area contributed by atoms with Gasteiger partial charge in [-0.25, -0.2) is 0 Å². The molecule has 0 aromatic heterocycles. The van der Waals surface area contributed by atoms with Crippen LogP contribution < -0.4 is 15.8 Å². The predicted molar refractivity (Wildman–Crippen MR) is 86.4 cm³/mol. The maximum atomic E-state index is 11.6. The minimum atomic E-state index is -0.579. The maximum absolute atomic E-state index is 11.6. The average Bonchev–Trinajstić information content (AvgIpc) is 2.75. The molecule has 0 spiro atoms. The molecule has 5 heteroatoms. The quantitative estimate of drug-likeness (QED) is 0.870. The number of fused-ring (bicyclic) bond motifs is 1. The molecule has 1 aliphatic heterocycles. The summed E-state index contributed by atoms with van der Waals surface area (Å²) in [6.07, 6.45) is 6.25. The first-order valence-electron chi connectivity index (χ1n) is 7.65. The zero-order chi connectivity index (χ0) is 15.0. The molecule has 1 aliphatic carbocycles. The molecule has 21 heavy (non-hydrogen) atoms. The number of halogens is 1. The molecule has 2 aliphatic rings. The van der Waals surface area contributed by atoms with Gasteiger partial charge in [0.2, 0.25) is 5.91 Å². The van der Waals surface area contributed by atoms with Crippen molar-refractivity contribution in [2.75, 3.05) is 5.32 Å². The van der Waals surface area contributed by atoms with E-state index in [9.17, 15) is 4.79 Å². The van der Waals surface area contributed by atoms with Crippen LogP contribution in [0.1, 0.15) is 50.6 Å². The van der Waals surface area contributed by atoms with E-state index in [1.807, 2.05) is 12.1 Å². The Morgan fingerprint density at radius 3 is 3.00 bits per heavy atom. The Morgan fingerprint density at radius 2 is 2.24 bits per heavy atom. The number of nitrogens with one attached hydrogen (secondary N) is 1. The summed E-state index contributed by atoms with van der Waals surface area (Å²) in [6, 6.07) is 3.21. The molecule has 1 aromatic carbocycles. The largest absolute Gasteiger partial charge is 0.489 e. The third-order valence-electron chi connectivity index (χ3n) is 4.59. The van der Waals surface area contributed by atoms with Crippen LogP contribution in [-0.4, -0.2) is 12.0 Å². The molecular weight excluding hydrogens is 332 g/mol. The minimum absolute atomic E-state index is 0.155. The summed E-state index contributed by atoms with van der Waals surface area (Å²) in [7, 11) is 0. The van der Waals surface area contributed by atoms with Crippen LogP contribution in [0.2, 0.25) is 0 Å². The molecule has 1 aromatic rings. The summed E-state index contributed by atoms with van der Waals surface area (Å²) in [6.45, 7) is 2.25. The highest BCUT2D eigenvalue weighted by Gasteiger charge is 2.29. The lowest BCUT2D eigenvalue weighted by atomic mass is 9.85. The summed E-state index contributed by atoms with van der Waals surface area (Å²) in [5.41, 5.74) is 7.46. The third kappa shape index (κ3) is 2.94. The van der Waals surface area contributed by atoms with Gasteiger partial charge in [-0.15, -0.1) is 0 Å². The Bertz CT molecular complexity index is 561. The van der Waals surface area contributed by atoms with Gasteiger partial charge in [0.05, 0.1) is 10.6 Å². The molecule has 3 atom stereocenters. The van der Waals surface area contributed by atoms with E-state index in [-0.39, 0.29) is 12.0 Å². The molecule has 0 radical (unpaired) electrons. The van der Waals surface area contributed by atoms with Gasteiger partial charge >= 0.3 is 0 Å². The normalized spacial score (nSPS) is 28.1. The molecule has 1 fully saturated rings. The standard InChI is InChI=1S/C16H21BrN2O2/c1-2-9-4-3-5-10(6-9)21-14-8-13-11(7-12(14)17)15(18)16(20)19-13/h7-10,15H,2-6,18H2,1H3,(H,19,20). The molecule has 0 saturated heterocycles. The van der Waals surface area contributed by atoms with E-state index in [1.54, 1.807) is 0 Å². The lowest BCUT2D eigenvalue weighted by molar-refractivity contribution is -0.116. The van der Waals surface area contributed by atoms with Gasteiger partial charge in [-0.3, -0.25) is 4.79 Å². The predicted octanol–water partition coefficient (Wildman–Crippen LogP) is 3.75. The number of anilines is 1. The molecule has 0 bridgehead atoms. The van der Waals surface area contributed by atoms with E-state index < -0.39 is 6.04 Å². The summed E-state index contributed by atoms with van der Waals surface area (Å²) < 4.78 is 7.04. The van der Waals surface area contributed by atoms with Crippen LogP contribution in [0, 0.1) is 5.92 Å². The Hall–Kier alpha value is -1.07. The van der Waals surface area contributed by atoms with Crippen molar-refractivity contribution in [3.8, 4) is 5.75 Å². The van der Waals surface area contributed by atoms with Crippen LogP contribution in [0.5, 0.6) is 5.75 Å². The smallest absolute Gasteiger partial charge is 0.245 e. The van der Waals surface area contributed by atoms with E-state index in [4.69, 9.17) is 10.5 Å². The number of rotatable bonds is 3. The van der Waals surface area contributed by atoms with Crippen molar-refractivity contribution in [3.05, 3.63) is 22.2 Å². The molecule has 1 heterocycles. The molecule has 3 N–H and O–H groups in total. The van der Waals surface area contributed by atoms with Crippen LogP contribution in [0.4, 0.5) is 5.69 Å². The van der Waals surface area contributed by atoms with Crippen molar-refractivity contribution in [1.82, 2.24) is 0 Å². The fourth-order valence-electron chi connectivity index (χ4n) is 3.28. The summed E-state index contributed by atoms with van der Waals surface area (Å²) in [5, 5.41) is 2.81. The lowest BCUT2D eigenvalue weighted by Crippen LogP contribution is -2.25. The third-order valence-corrected chi connectivity index (χ3v) is 5.20. The van der Waals surface area contributed by atoms with Gasteiger partial charge < -0.3 is 15.8 Å². The van der Waals surface area contributed by atoms with Gasteiger partial charge in [-0.2, -0.15) is 0 Å². The fourth-order valence-corrected chi connectivity index (χ4v) is 3.73. The molecule has 3 unspecified atom stereocenters.